The van der Waals surface area contributed by atoms with Crippen LogP contribution in [0.25, 0.3) is 0 Å². The van der Waals surface area contributed by atoms with Crippen molar-refractivity contribution in [1.82, 2.24) is 5.32 Å². The molecule has 0 fully saturated rings. The highest BCUT2D eigenvalue weighted by atomic mass is 19.1. The van der Waals surface area contributed by atoms with E-state index in [1.165, 1.54) is 18.2 Å². The van der Waals surface area contributed by atoms with Crippen molar-refractivity contribution in [2.75, 3.05) is 6.54 Å². The van der Waals surface area contributed by atoms with E-state index in [0.29, 0.717) is 11.1 Å². The van der Waals surface area contributed by atoms with E-state index in [2.05, 4.69) is 5.32 Å². The number of ketones is 1. The van der Waals surface area contributed by atoms with Crippen molar-refractivity contribution in [3.8, 4) is 0 Å². The molecule has 1 atom stereocenters. The summed E-state index contributed by atoms with van der Waals surface area (Å²) in [6.45, 7) is -0.501. The Morgan fingerprint density at radius 1 is 0.828 bits per heavy atom. The third kappa shape index (κ3) is 5.13. The maximum Gasteiger partial charge on any atom is 0.326 e. The van der Waals surface area contributed by atoms with Crippen molar-refractivity contribution >= 4 is 17.7 Å². The van der Waals surface area contributed by atoms with E-state index in [1.54, 1.807) is 60.7 Å². The number of hydrogen-bond donors (Lipinski definition) is 1. The molecule has 0 aliphatic rings. The molecule has 1 N–H and O–H groups in total. The van der Waals surface area contributed by atoms with Crippen molar-refractivity contribution in [3.63, 3.8) is 0 Å². The lowest BCUT2D eigenvalue weighted by Crippen LogP contribution is -2.33. The number of benzene rings is 3. The molecule has 3 rings (SSSR count). The quantitative estimate of drug-likeness (QED) is 0.492. The van der Waals surface area contributed by atoms with E-state index in [4.69, 9.17) is 4.74 Å². The molecule has 0 saturated heterocycles. The summed E-state index contributed by atoms with van der Waals surface area (Å²) in [5.41, 5.74) is 0.722. The lowest BCUT2D eigenvalue weighted by Gasteiger charge is -2.17. The molecule has 0 radical (unpaired) electrons. The first-order valence-electron chi connectivity index (χ1n) is 8.92. The first kappa shape index (κ1) is 19.9. The molecule has 29 heavy (non-hydrogen) atoms. The van der Waals surface area contributed by atoms with Gasteiger partial charge in [-0.1, -0.05) is 72.8 Å². The van der Waals surface area contributed by atoms with Crippen LogP contribution in [0.3, 0.4) is 0 Å². The van der Waals surface area contributed by atoms with Gasteiger partial charge in [-0.25, -0.2) is 4.39 Å². The van der Waals surface area contributed by atoms with Gasteiger partial charge in [-0.05, 0) is 12.1 Å². The van der Waals surface area contributed by atoms with Crippen LogP contribution < -0.4 is 5.32 Å². The number of carbonyl (C=O) groups is 3. The Morgan fingerprint density at radius 2 is 1.41 bits per heavy atom. The normalized spacial score (nSPS) is 11.3. The molecule has 6 heteroatoms. The lowest BCUT2D eigenvalue weighted by molar-refractivity contribution is -0.146. The van der Waals surface area contributed by atoms with Gasteiger partial charge < -0.3 is 10.1 Å². The van der Waals surface area contributed by atoms with Crippen molar-refractivity contribution in [2.24, 2.45) is 0 Å². The van der Waals surface area contributed by atoms with Crippen molar-refractivity contribution < 1.29 is 23.5 Å². The minimum Gasteiger partial charge on any atom is -0.448 e. The highest BCUT2D eigenvalue weighted by Gasteiger charge is 2.26. The van der Waals surface area contributed by atoms with Gasteiger partial charge in [-0.3, -0.25) is 14.4 Å². The van der Waals surface area contributed by atoms with Crippen LogP contribution in [0.1, 0.15) is 32.4 Å². The molecule has 0 saturated carbocycles. The maximum absolute atomic E-state index is 13.7. The Bertz CT molecular complexity index is 1010. The lowest BCUT2D eigenvalue weighted by atomic mass is 10.00. The summed E-state index contributed by atoms with van der Waals surface area (Å²) < 4.78 is 19.0. The Morgan fingerprint density at radius 3 is 2.07 bits per heavy atom. The predicted octanol–water partition coefficient (Wildman–Crippen LogP) is 3.72. The van der Waals surface area contributed by atoms with Gasteiger partial charge in [0.2, 0.25) is 5.78 Å². The molecule has 1 amide bonds. The minimum atomic E-state index is -1.16. The van der Waals surface area contributed by atoms with Crippen LogP contribution in [0.5, 0.6) is 0 Å². The van der Waals surface area contributed by atoms with Crippen molar-refractivity contribution in [1.29, 1.82) is 0 Å². The third-order valence-corrected chi connectivity index (χ3v) is 4.16. The monoisotopic (exact) mass is 391 g/mol. The van der Waals surface area contributed by atoms with Crippen LogP contribution in [0.4, 0.5) is 4.39 Å². The molecular weight excluding hydrogens is 373 g/mol. The average molecular weight is 391 g/mol. The van der Waals surface area contributed by atoms with Crippen LogP contribution in [0, 0.1) is 5.82 Å². The van der Waals surface area contributed by atoms with E-state index in [9.17, 15) is 18.8 Å². The highest BCUT2D eigenvalue weighted by Crippen LogP contribution is 2.22. The van der Waals surface area contributed by atoms with Gasteiger partial charge in [0.1, 0.15) is 12.4 Å². The zero-order chi connectivity index (χ0) is 20.6. The van der Waals surface area contributed by atoms with Crippen LogP contribution in [0.2, 0.25) is 0 Å². The molecule has 3 aromatic rings. The summed E-state index contributed by atoms with van der Waals surface area (Å²) in [4.78, 5) is 37.2. The van der Waals surface area contributed by atoms with Crippen molar-refractivity contribution in [2.45, 2.75) is 6.10 Å². The fraction of sp³-hybridized carbons (Fsp3) is 0.0870. The zero-order valence-corrected chi connectivity index (χ0v) is 15.4. The fourth-order valence-corrected chi connectivity index (χ4v) is 2.72. The Kier molecular flexibility index (Phi) is 6.47. The van der Waals surface area contributed by atoms with Crippen LogP contribution >= 0.6 is 0 Å². The van der Waals surface area contributed by atoms with E-state index in [1.807, 2.05) is 0 Å². The van der Waals surface area contributed by atoms with Gasteiger partial charge in [0.25, 0.3) is 5.91 Å². The first-order chi connectivity index (χ1) is 14.1. The first-order valence-corrected chi connectivity index (χ1v) is 8.92. The number of amides is 1. The topological polar surface area (TPSA) is 72.5 Å². The molecular formula is C23H18FNO4. The minimum absolute atomic E-state index is 0.180. The number of halogens is 1. The Hall–Kier alpha value is -3.80. The predicted molar refractivity (Wildman–Crippen MR) is 105 cm³/mol. The molecule has 0 aliphatic heterocycles. The second-order valence-corrected chi connectivity index (χ2v) is 6.17. The van der Waals surface area contributed by atoms with Crippen LogP contribution in [-0.4, -0.2) is 24.2 Å². The largest absolute Gasteiger partial charge is 0.448 e. The number of esters is 1. The Labute approximate surface area is 167 Å². The van der Waals surface area contributed by atoms with Crippen LogP contribution in [0.15, 0.2) is 84.9 Å². The van der Waals surface area contributed by atoms with Crippen molar-refractivity contribution in [3.05, 3.63) is 107 Å². The smallest absolute Gasteiger partial charge is 0.326 e. The van der Waals surface area contributed by atoms with Gasteiger partial charge in [0.05, 0.1) is 5.56 Å². The van der Waals surface area contributed by atoms with Gasteiger partial charge in [0, 0.05) is 11.1 Å². The summed E-state index contributed by atoms with van der Waals surface area (Å²) in [7, 11) is 0. The molecule has 0 bridgehead atoms. The molecule has 0 aliphatic carbocycles. The summed E-state index contributed by atoms with van der Waals surface area (Å²) in [5.74, 6) is -2.64. The number of nitrogens with one attached hydrogen (secondary N) is 1. The van der Waals surface area contributed by atoms with Crippen LogP contribution in [-0.2, 0) is 9.53 Å². The van der Waals surface area contributed by atoms with Gasteiger partial charge in [-0.2, -0.15) is 0 Å². The zero-order valence-electron chi connectivity index (χ0n) is 15.4. The van der Waals surface area contributed by atoms with E-state index in [-0.39, 0.29) is 11.3 Å². The summed E-state index contributed by atoms with van der Waals surface area (Å²) in [6, 6.07) is 22.5. The SMILES string of the molecule is O=C(CNC(=O)c1ccccc1F)O[C@H](C(=O)c1ccccc1)c1ccccc1. The Balaban J connectivity index is 1.71. The summed E-state index contributed by atoms with van der Waals surface area (Å²) in [6.07, 6.45) is -1.16. The average Bonchev–Trinajstić information content (AvgIpc) is 2.77. The summed E-state index contributed by atoms with van der Waals surface area (Å²) >= 11 is 0. The summed E-state index contributed by atoms with van der Waals surface area (Å²) in [5, 5.41) is 2.31. The molecule has 0 unspecified atom stereocenters. The highest BCUT2D eigenvalue weighted by molar-refractivity contribution is 6.01. The molecule has 0 aromatic heterocycles. The number of carbonyl (C=O) groups excluding carboxylic acids is 3. The number of hydrogen-bond acceptors (Lipinski definition) is 4. The molecule has 146 valence electrons. The van der Waals surface area contributed by atoms with Gasteiger partial charge in [-0.15, -0.1) is 0 Å². The number of rotatable bonds is 7. The molecule has 3 aromatic carbocycles. The maximum atomic E-state index is 13.7. The van der Waals surface area contributed by atoms with E-state index in [0.717, 1.165) is 6.07 Å². The molecule has 0 heterocycles. The second-order valence-electron chi connectivity index (χ2n) is 6.17. The fourth-order valence-electron chi connectivity index (χ4n) is 2.72. The molecule has 0 spiro atoms. The molecule has 5 nitrogen and oxygen atoms in total. The number of Topliss-reactive ketones (excluding diaryl/α,β-unsaturated/α-hetero) is 1. The number of ether oxygens (including phenoxy) is 1. The third-order valence-electron chi connectivity index (χ3n) is 4.16. The van der Waals surface area contributed by atoms with Gasteiger partial charge in [0.15, 0.2) is 6.10 Å². The standard InChI is InChI=1S/C23H18FNO4/c24-19-14-8-7-13-18(19)23(28)25-15-20(26)29-22(17-11-5-2-6-12-17)21(27)16-9-3-1-4-10-16/h1-14,22H,15H2,(H,25,28)/t22-/m0/s1. The van der Waals surface area contributed by atoms with Gasteiger partial charge >= 0.3 is 5.97 Å². The van der Waals surface area contributed by atoms with E-state index >= 15 is 0 Å². The van der Waals surface area contributed by atoms with E-state index < -0.39 is 30.3 Å². The second kappa shape index (κ2) is 9.41.